The molecule has 0 unspecified atom stereocenters. The number of unbranched alkanes of at least 4 members (excludes halogenated alkanes) is 2. The highest BCUT2D eigenvalue weighted by Crippen LogP contribution is 2.04. The first kappa shape index (κ1) is 21.6. The molecule has 0 fully saturated rings. The lowest BCUT2D eigenvalue weighted by molar-refractivity contribution is -0.460. The SMILES string of the molecule is COC(=O)CCCN(CCCCC=[N+](C)C)CCCC(=O)OC. The van der Waals surface area contributed by atoms with E-state index >= 15 is 0 Å². The predicted molar refractivity (Wildman–Crippen MR) is 91.0 cm³/mol. The first-order chi connectivity index (χ1) is 11.0. The summed E-state index contributed by atoms with van der Waals surface area (Å²) in [6, 6.07) is 0. The van der Waals surface area contributed by atoms with Gasteiger partial charge in [-0.15, -0.1) is 0 Å². The molecule has 0 saturated heterocycles. The van der Waals surface area contributed by atoms with Crippen molar-refractivity contribution in [2.75, 3.05) is 47.9 Å². The number of esters is 2. The summed E-state index contributed by atoms with van der Waals surface area (Å²) < 4.78 is 11.4. The van der Waals surface area contributed by atoms with Crippen molar-refractivity contribution in [2.24, 2.45) is 0 Å². The van der Waals surface area contributed by atoms with Crippen LogP contribution in [-0.2, 0) is 19.1 Å². The molecule has 0 spiro atoms. The molecule has 0 aromatic heterocycles. The zero-order chi connectivity index (χ0) is 17.5. The van der Waals surface area contributed by atoms with Crippen LogP contribution >= 0.6 is 0 Å². The average Bonchev–Trinajstić information content (AvgIpc) is 2.53. The largest absolute Gasteiger partial charge is 0.469 e. The Morgan fingerprint density at radius 1 is 0.870 bits per heavy atom. The molecule has 134 valence electrons. The normalized spacial score (nSPS) is 10.5. The molecule has 6 heteroatoms. The third-order valence-electron chi connectivity index (χ3n) is 3.59. The summed E-state index contributed by atoms with van der Waals surface area (Å²) in [6.07, 6.45) is 7.97. The van der Waals surface area contributed by atoms with Gasteiger partial charge in [0.1, 0.15) is 20.3 Å². The zero-order valence-electron chi connectivity index (χ0n) is 15.2. The Hall–Kier alpha value is -1.43. The number of carbonyl (C=O) groups is 2. The summed E-state index contributed by atoms with van der Waals surface area (Å²) in [4.78, 5) is 24.7. The Morgan fingerprint density at radius 2 is 1.35 bits per heavy atom. The van der Waals surface area contributed by atoms with Crippen LogP contribution < -0.4 is 0 Å². The molecule has 23 heavy (non-hydrogen) atoms. The molecule has 0 radical (unpaired) electrons. The van der Waals surface area contributed by atoms with Crippen molar-refractivity contribution in [1.29, 1.82) is 0 Å². The Kier molecular flexibility index (Phi) is 13.3. The molecule has 0 aromatic rings. The van der Waals surface area contributed by atoms with Gasteiger partial charge in [0, 0.05) is 19.3 Å². The molecule has 0 aliphatic carbocycles. The molecule has 0 aromatic carbocycles. The average molecular weight is 329 g/mol. The first-order valence-corrected chi connectivity index (χ1v) is 8.35. The molecule has 0 atom stereocenters. The third-order valence-corrected chi connectivity index (χ3v) is 3.59. The van der Waals surface area contributed by atoms with Gasteiger partial charge in [-0.2, -0.15) is 0 Å². The topological polar surface area (TPSA) is 58.8 Å². The number of ether oxygens (including phenoxy) is 2. The van der Waals surface area contributed by atoms with E-state index in [4.69, 9.17) is 0 Å². The predicted octanol–water partition coefficient (Wildman–Crippen LogP) is 1.71. The Morgan fingerprint density at radius 3 is 1.78 bits per heavy atom. The van der Waals surface area contributed by atoms with Gasteiger partial charge in [-0.05, 0) is 45.3 Å². The van der Waals surface area contributed by atoms with E-state index in [1.807, 2.05) is 14.1 Å². The van der Waals surface area contributed by atoms with Crippen LogP contribution in [0.5, 0.6) is 0 Å². The van der Waals surface area contributed by atoms with Crippen LogP contribution in [0.25, 0.3) is 0 Å². The second-order valence-corrected chi connectivity index (χ2v) is 5.84. The molecule has 0 bridgehead atoms. The summed E-state index contributed by atoms with van der Waals surface area (Å²) in [5.41, 5.74) is 0. The van der Waals surface area contributed by atoms with Gasteiger partial charge in [0.05, 0.1) is 14.2 Å². The monoisotopic (exact) mass is 329 g/mol. The lowest BCUT2D eigenvalue weighted by Gasteiger charge is -2.21. The van der Waals surface area contributed by atoms with Crippen LogP contribution in [0.2, 0.25) is 0 Å². The van der Waals surface area contributed by atoms with Gasteiger partial charge in [-0.25, -0.2) is 4.58 Å². The molecule has 0 amide bonds. The van der Waals surface area contributed by atoms with Crippen molar-refractivity contribution in [3.05, 3.63) is 0 Å². The van der Waals surface area contributed by atoms with Gasteiger partial charge in [-0.1, -0.05) is 0 Å². The fourth-order valence-corrected chi connectivity index (χ4v) is 2.26. The van der Waals surface area contributed by atoms with E-state index < -0.39 is 0 Å². The quantitative estimate of drug-likeness (QED) is 0.223. The van der Waals surface area contributed by atoms with E-state index in [-0.39, 0.29) is 11.9 Å². The van der Waals surface area contributed by atoms with Gasteiger partial charge >= 0.3 is 11.9 Å². The smallest absolute Gasteiger partial charge is 0.305 e. The number of nitrogens with zero attached hydrogens (tertiary/aromatic N) is 2. The fraction of sp³-hybridized carbons (Fsp3) is 0.824. The molecule has 0 heterocycles. The van der Waals surface area contributed by atoms with E-state index in [0.717, 1.165) is 51.7 Å². The van der Waals surface area contributed by atoms with Gasteiger partial charge in [0.2, 0.25) is 0 Å². The van der Waals surface area contributed by atoms with Gasteiger partial charge in [0.15, 0.2) is 0 Å². The van der Waals surface area contributed by atoms with Crippen molar-refractivity contribution < 1.29 is 23.6 Å². The summed E-state index contributed by atoms with van der Waals surface area (Å²) in [6.45, 7) is 2.70. The lowest BCUT2D eigenvalue weighted by Crippen LogP contribution is -2.28. The van der Waals surface area contributed by atoms with Crippen LogP contribution in [0.3, 0.4) is 0 Å². The highest BCUT2D eigenvalue weighted by Gasteiger charge is 2.08. The van der Waals surface area contributed by atoms with Crippen molar-refractivity contribution >= 4 is 18.2 Å². The minimum Gasteiger partial charge on any atom is -0.469 e. The van der Waals surface area contributed by atoms with E-state index in [1.54, 1.807) is 0 Å². The Balaban J connectivity index is 4.06. The van der Waals surface area contributed by atoms with Crippen molar-refractivity contribution in [1.82, 2.24) is 4.90 Å². The van der Waals surface area contributed by atoms with Crippen molar-refractivity contribution in [2.45, 2.75) is 44.9 Å². The molecule has 0 aliphatic heterocycles. The Bertz CT molecular complexity index is 344. The maximum atomic E-state index is 11.2. The number of carbonyl (C=O) groups excluding carboxylic acids is 2. The van der Waals surface area contributed by atoms with E-state index in [2.05, 4.69) is 25.2 Å². The first-order valence-electron chi connectivity index (χ1n) is 8.35. The van der Waals surface area contributed by atoms with Crippen LogP contribution in [0.4, 0.5) is 0 Å². The molecule has 0 saturated carbocycles. The summed E-state index contributed by atoms with van der Waals surface area (Å²) in [5.74, 6) is -0.333. The van der Waals surface area contributed by atoms with Crippen molar-refractivity contribution in [3.8, 4) is 0 Å². The zero-order valence-corrected chi connectivity index (χ0v) is 15.2. The molecule has 0 N–H and O–H groups in total. The highest BCUT2D eigenvalue weighted by molar-refractivity contribution is 5.69. The summed E-state index contributed by atoms with van der Waals surface area (Å²) in [7, 11) is 6.90. The molecular weight excluding hydrogens is 296 g/mol. The van der Waals surface area contributed by atoms with Crippen LogP contribution in [0.1, 0.15) is 44.9 Å². The third kappa shape index (κ3) is 13.9. The minimum atomic E-state index is -0.167. The van der Waals surface area contributed by atoms with Gasteiger partial charge in [-0.3, -0.25) is 9.59 Å². The second-order valence-electron chi connectivity index (χ2n) is 5.84. The fourth-order valence-electron chi connectivity index (χ4n) is 2.26. The molecule has 0 rings (SSSR count). The second kappa shape index (κ2) is 14.2. The Labute approximate surface area is 140 Å². The van der Waals surface area contributed by atoms with E-state index in [0.29, 0.717) is 12.8 Å². The summed E-state index contributed by atoms with van der Waals surface area (Å²) >= 11 is 0. The van der Waals surface area contributed by atoms with Crippen molar-refractivity contribution in [3.63, 3.8) is 0 Å². The number of hydrogen-bond acceptors (Lipinski definition) is 5. The van der Waals surface area contributed by atoms with Crippen LogP contribution in [-0.4, -0.2) is 75.6 Å². The number of methoxy groups -OCH3 is 2. The maximum absolute atomic E-state index is 11.2. The molecule has 6 nitrogen and oxygen atoms in total. The highest BCUT2D eigenvalue weighted by atomic mass is 16.5. The van der Waals surface area contributed by atoms with E-state index in [1.165, 1.54) is 14.2 Å². The van der Waals surface area contributed by atoms with E-state index in [9.17, 15) is 9.59 Å². The molecular formula is C17H33N2O4+. The number of rotatable bonds is 13. The number of hydrogen-bond donors (Lipinski definition) is 0. The minimum absolute atomic E-state index is 0.167. The van der Waals surface area contributed by atoms with Crippen LogP contribution in [0.15, 0.2) is 0 Å². The van der Waals surface area contributed by atoms with Crippen LogP contribution in [0, 0.1) is 0 Å². The maximum Gasteiger partial charge on any atom is 0.305 e. The standard InChI is InChI=1S/C17H33N2O4/c1-18(2)12-6-5-7-13-19(14-8-10-16(20)22-3)15-9-11-17(21)23-4/h12H,5-11,13-15H2,1-4H3/q+1. The van der Waals surface area contributed by atoms with Gasteiger partial charge < -0.3 is 14.4 Å². The van der Waals surface area contributed by atoms with Gasteiger partial charge in [0.25, 0.3) is 0 Å². The summed E-state index contributed by atoms with van der Waals surface area (Å²) in [5, 5.41) is 0. The lowest BCUT2D eigenvalue weighted by atomic mass is 10.2. The molecule has 0 aliphatic rings.